The van der Waals surface area contributed by atoms with Crippen LogP contribution in [-0.2, 0) is 0 Å². The first kappa shape index (κ1) is 19.1. The van der Waals surface area contributed by atoms with Crippen molar-refractivity contribution >= 4 is 60.9 Å². The van der Waals surface area contributed by atoms with E-state index in [0.29, 0.717) is 5.56 Å². The van der Waals surface area contributed by atoms with Gasteiger partial charge in [-0.3, -0.25) is 4.79 Å². The summed E-state index contributed by atoms with van der Waals surface area (Å²) in [6.45, 7) is 1.90. The molecule has 0 fully saturated rings. The topological polar surface area (TPSA) is 48.5 Å². The number of amides is 1. The van der Waals surface area contributed by atoms with E-state index in [-0.39, 0.29) is 5.91 Å². The van der Waals surface area contributed by atoms with Crippen molar-refractivity contribution in [2.24, 2.45) is 0 Å². The molecule has 7 heteroatoms. The maximum atomic E-state index is 12.4. The average Bonchev–Trinajstić information content (AvgIpc) is 3.03. The maximum Gasteiger partial charge on any atom is 0.255 e. The molecular formula is C19H21IN4OS. The molecule has 0 spiro atoms. The molecule has 2 aromatic carbocycles. The molecule has 1 N–H and O–H groups in total. The average molecular weight is 480 g/mol. The van der Waals surface area contributed by atoms with Gasteiger partial charge in [0, 0.05) is 35.0 Å². The number of hydrogen-bond donors (Lipinski definition) is 1. The number of thiazole rings is 1. The Balaban J connectivity index is 1.74. The van der Waals surface area contributed by atoms with Gasteiger partial charge in [0.05, 0.1) is 10.2 Å². The van der Waals surface area contributed by atoms with Gasteiger partial charge in [-0.25, -0.2) is 4.98 Å². The second-order valence-electron chi connectivity index (χ2n) is 6.36. The van der Waals surface area contributed by atoms with E-state index < -0.39 is 0 Å². The lowest BCUT2D eigenvalue weighted by Crippen LogP contribution is -2.28. The van der Waals surface area contributed by atoms with Crippen LogP contribution in [0.2, 0.25) is 0 Å². The number of nitrogens with zero attached hydrogens (tertiary/aromatic N) is 3. The molecule has 136 valence electrons. The minimum Gasteiger partial charge on any atom is -0.350 e. The fourth-order valence-electron chi connectivity index (χ4n) is 2.40. The van der Waals surface area contributed by atoms with Crippen LogP contribution < -0.4 is 10.2 Å². The minimum atomic E-state index is -0.103. The lowest BCUT2D eigenvalue weighted by Gasteiger charge is -2.18. The number of fused-ring (bicyclic) bond motifs is 1. The molecule has 0 saturated carbocycles. The number of nitrogens with one attached hydrogen (secondary N) is 1. The number of carbonyl (C=O) groups excluding carboxylic acids is 1. The van der Waals surface area contributed by atoms with Crippen molar-refractivity contribution in [3.63, 3.8) is 0 Å². The molecule has 1 aromatic heterocycles. The molecule has 0 aliphatic heterocycles. The maximum absolute atomic E-state index is 12.4. The summed E-state index contributed by atoms with van der Waals surface area (Å²) in [6.07, 6.45) is 0. The molecule has 5 nitrogen and oxygen atoms in total. The number of aromatic nitrogens is 1. The van der Waals surface area contributed by atoms with Gasteiger partial charge in [0.1, 0.15) is 0 Å². The second kappa shape index (κ2) is 8.32. The fourth-order valence-corrected chi connectivity index (χ4v) is 3.76. The van der Waals surface area contributed by atoms with Gasteiger partial charge in [0.15, 0.2) is 5.13 Å². The highest BCUT2D eigenvalue weighted by molar-refractivity contribution is 14.1. The van der Waals surface area contributed by atoms with Gasteiger partial charge in [-0.05, 0) is 79.2 Å². The summed E-state index contributed by atoms with van der Waals surface area (Å²) < 4.78 is 2.17. The van der Waals surface area contributed by atoms with Crippen LogP contribution in [0.1, 0.15) is 10.4 Å². The fraction of sp³-hybridized carbons (Fsp3) is 0.263. The highest BCUT2D eigenvalue weighted by Gasteiger charge is 2.11. The van der Waals surface area contributed by atoms with Crippen molar-refractivity contribution in [3.8, 4) is 0 Å². The number of likely N-dealkylation sites (N-methyl/N-ethyl adjacent to an activating group) is 2. The number of anilines is 2. The predicted octanol–water partition coefficient (Wildman–Crippen LogP) is 4.15. The molecule has 0 saturated heterocycles. The summed E-state index contributed by atoms with van der Waals surface area (Å²) in [5.41, 5.74) is 2.39. The summed E-state index contributed by atoms with van der Waals surface area (Å²) in [6, 6.07) is 13.4. The van der Waals surface area contributed by atoms with Crippen molar-refractivity contribution in [2.75, 3.05) is 44.4 Å². The van der Waals surface area contributed by atoms with E-state index in [0.717, 1.165) is 37.7 Å². The van der Waals surface area contributed by atoms with Gasteiger partial charge in [-0.1, -0.05) is 11.3 Å². The number of hydrogen-bond acceptors (Lipinski definition) is 5. The number of carbonyl (C=O) groups is 1. The molecule has 1 amide bonds. The highest BCUT2D eigenvalue weighted by Crippen LogP contribution is 2.30. The second-order valence-corrected chi connectivity index (χ2v) is 8.62. The Bertz CT molecular complexity index is 908. The van der Waals surface area contributed by atoms with Gasteiger partial charge in [0.25, 0.3) is 5.91 Å². The van der Waals surface area contributed by atoms with E-state index in [1.807, 2.05) is 42.5 Å². The Hall–Kier alpha value is -1.71. The monoisotopic (exact) mass is 480 g/mol. The zero-order valence-corrected chi connectivity index (χ0v) is 18.0. The molecule has 0 radical (unpaired) electrons. The van der Waals surface area contributed by atoms with E-state index in [1.165, 1.54) is 0 Å². The van der Waals surface area contributed by atoms with Crippen LogP contribution in [0.3, 0.4) is 0 Å². The molecule has 3 rings (SSSR count). The minimum absolute atomic E-state index is 0.103. The number of rotatable bonds is 6. The van der Waals surface area contributed by atoms with E-state index in [4.69, 9.17) is 4.98 Å². The molecule has 1 heterocycles. The van der Waals surface area contributed by atoms with Crippen LogP contribution in [0.15, 0.2) is 42.5 Å². The molecule has 0 aliphatic carbocycles. The zero-order chi connectivity index (χ0) is 18.7. The van der Waals surface area contributed by atoms with Crippen molar-refractivity contribution in [1.82, 2.24) is 9.88 Å². The first-order chi connectivity index (χ1) is 12.4. The molecule has 0 unspecified atom stereocenters. The smallest absolute Gasteiger partial charge is 0.255 e. The summed E-state index contributed by atoms with van der Waals surface area (Å²) in [5.74, 6) is -0.103. The lowest BCUT2D eigenvalue weighted by atomic mass is 10.2. The van der Waals surface area contributed by atoms with Gasteiger partial charge in [-0.15, -0.1) is 0 Å². The number of halogens is 1. The molecule has 26 heavy (non-hydrogen) atoms. The van der Waals surface area contributed by atoms with Crippen LogP contribution in [0, 0.1) is 3.57 Å². The van der Waals surface area contributed by atoms with Gasteiger partial charge < -0.3 is 15.1 Å². The van der Waals surface area contributed by atoms with Crippen LogP contribution in [0.5, 0.6) is 0 Å². The first-order valence-electron chi connectivity index (χ1n) is 8.26. The van der Waals surface area contributed by atoms with Crippen LogP contribution in [0.25, 0.3) is 10.2 Å². The Kier molecular flexibility index (Phi) is 6.10. The van der Waals surface area contributed by atoms with Crippen LogP contribution in [-0.4, -0.2) is 50.0 Å². The van der Waals surface area contributed by atoms with Crippen molar-refractivity contribution in [1.29, 1.82) is 0 Å². The van der Waals surface area contributed by atoms with Crippen molar-refractivity contribution in [3.05, 3.63) is 51.6 Å². The quantitative estimate of drug-likeness (QED) is 0.539. The summed E-state index contributed by atoms with van der Waals surface area (Å²) in [7, 11) is 6.18. The lowest BCUT2D eigenvalue weighted by molar-refractivity contribution is 0.102. The summed E-state index contributed by atoms with van der Waals surface area (Å²) in [4.78, 5) is 21.4. The standard InChI is InChI=1S/C19H21IN4OS/c1-23(2)10-11-24(3)19-22-16-9-8-15(12-17(16)26-19)21-18(25)13-4-6-14(20)7-5-13/h4-9,12H,10-11H2,1-3H3,(H,21,25). The molecule has 0 aliphatic rings. The molecule has 0 bridgehead atoms. The highest BCUT2D eigenvalue weighted by atomic mass is 127. The number of benzene rings is 2. The van der Waals surface area contributed by atoms with Gasteiger partial charge in [-0.2, -0.15) is 0 Å². The Morgan fingerprint density at radius 3 is 2.54 bits per heavy atom. The third kappa shape index (κ3) is 4.72. The largest absolute Gasteiger partial charge is 0.350 e. The normalized spacial score (nSPS) is 11.1. The summed E-state index contributed by atoms with van der Waals surface area (Å²) >= 11 is 3.87. The van der Waals surface area contributed by atoms with Gasteiger partial charge >= 0.3 is 0 Å². The molecular weight excluding hydrogens is 459 g/mol. The zero-order valence-electron chi connectivity index (χ0n) is 15.0. The third-order valence-corrected chi connectivity index (χ3v) is 5.80. The SMILES string of the molecule is CN(C)CCN(C)c1nc2ccc(NC(=O)c3ccc(I)cc3)cc2s1. The summed E-state index contributed by atoms with van der Waals surface area (Å²) in [5, 5.41) is 3.95. The molecule has 0 atom stereocenters. The van der Waals surface area contributed by atoms with Crippen molar-refractivity contribution in [2.45, 2.75) is 0 Å². The third-order valence-electron chi connectivity index (χ3n) is 3.95. The van der Waals surface area contributed by atoms with Gasteiger partial charge in [0.2, 0.25) is 0 Å². The van der Waals surface area contributed by atoms with E-state index >= 15 is 0 Å². The predicted molar refractivity (Wildman–Crippen MR) is 119 cm³/mol. The van der Waals surface area contributed by atoms with E-state index in [2.05, 4.69) is 58.9 Å². The Morgan fingerprint density at radius 1 is 1.12 bits per heavy atom. The first-order valence-corrected chi connectivity index (χ1v) is 10.2. The van der Waals surface area contributed by atoms with Crippen LogP contribution >= 0.6 is 33.9 Å². The van der Waals surface area contributed by atoms with E-state index in [1.54, 1.807) is 11.3 Å². The Morgan fingerprint density at radius 2 is 1.85 bits per heavy atom. The van der Waals surface area contributed by atoms with Crippen molar-refractivity contribution < 1.29 is 4.79 Å². The van der Waals surface area contributed by atoms with E-state index in [9.17, 15) is 4.79 Å². The van der Waals surface area contributed by atoms with Crippen LogP contribution in [0.4, 0.5) is 10.8 Å². The molecule has 3 aromatic rings. The Labute approximate surface area is 171 Å².